The Labute approximate surface area is 437 Å². The summed E-state index contributed by atoms with van der Waals surface area (Å²) in [4.78, 5) is 47.6. The van der Waals surface area contributed by atoms with E-state index in [0.29, 0.717) is 53.9 Å². The van der Waals surface area contributed by atoms with E-state index in [4.69, 9.17) is 4.74 Å². The van der Waals surface area contributed by atoms with Crippen molar-refractivity contribution in [3.05, 3.63) is 143 Å². The average molecular weight is 1120 g/mol. The summed E-state index contributed by atoms with van der Waals surface area (Å²) in [5.41, 5.74) is -0.605. The molecule has 16 nitrogen and oxygen atoms in total. The molecule has 2 aliphatic carbocycles. The lowest BCUT2D eigenvalue weighted by Crippen LogP contribution is -2.46. The topological polar surface area (TPSA) is 205 Å². The molecular formula is C51H52F8N8O8S2. The molecule has 0 bridgehead atoms. The van der Waals surface area contributed by atoms with Crippen LogP contribution in [0.3, 0.4) is 0 Å². The van der Waals surface area contributed by atoms with E-state index in [1.165, 1.54) is 39.8 Å². The number of rotatable bonds is 12. The molecule has 2 aromatic carbocycles. The molecule has 0 saturated heterocycles. The van der Waals surface area contributed by atoms with Gasteiger partial charge in [0.25, 0.3) is 0 Å². The molecule has 8 rings (SSSR count). The summed E-state index contributed by atoms with van der Waals surface area (Å²) >= 11 is 0. The van der Waals surface area contributed by atoms with E-state index >= 15 is 0 Å². The summed E-state index contributed by atoms with van der Waals surface area (Å²) in [7, 11) is -7.86. The van der Waals surface area contributed by atoms with Gasteiger partial charge in [0.15, 0.2) is 19.7 Å². The first-order valence-electron chi connectivity index (χ1n) is 23.9. The summed E-state index contributed by atoms with van der Waals surface area (Å²) < 4.78 is 165. The van der Waals surface area contributed by atoms with Gasteiger partial charge in [-0.05, 0) is 133 Å². The first kappa shape index (κ1) is 57.6. The van der Waals surface area contributed by atoms with Crippen LogP contribution in [-0.2, 0) is 59.4 Å². The Balaban J connectivity index is 0.000000227. The van der Waals surface area contributed by atoms with Crippen molar-refractivity contribution < 1.29 is 71.1 Å². The number of hydrogen-bond donors (Lipinski definition) is 1. The lowest BCUT2D eigenvalue weighted by atomic mass is 10.1. The van der Waals surface area contributed by atoms with Crippen LogP contribution < -0.4 is 5.32 Å². The van der Waals surface area contributed by atoms with Gasteiger partial charge in [-0.1, -0.05) is 12.8 Å². The first-order valence-corrected chi connectivity index (χ1v) is 27.0. The zero-order valence-corrected chi connectivity index (χ0v) is 43.6. The second-order valence-corrected chi connectivity index (χ2v) is 23.8. The normalized spacial score (nSPS) is 18.1. The van der Waals surface area contributed by atoms with Crippen LogP contribution >= 0.6 is 0 Å². The minimum Gasteiger partial charge on any atom is -0.443 e. The van der Waals surface area contributed by atoms with Crippen molar-refractivity contribution in [1.29, 1.82) is 0 Å². The number of ether oxygens (including phenoxy) is 1. The van der Waals surface area contributed by atoms with Gasteiger partial charge in [-0.25, -0.2) is 54.6 Å². The van der Waals surface area contributed by atoms with E-state index in [1.807, 2.05) is 0 Å². The molecule has 4 aromatic heterocycles. The smallest absolute Gasteiger partial charge is 0.433 e. The lowest BCUT2D eigenvalue weighted by molar-refractivity contribution is -0.141. The second kappa shape index (κ2) is 22.5. The van der Waals surface area contributed by atoms with E-state index in [0.717, 1.165) is 65.8 Å². The quantitative estimate of drug-likeness (QED) is 0.0898. The first-order chi connectivity index (χ1) is 35.9. The third kappa shape index (κ3) is 13.5. The highest BCUT2D eigenvalue weighted by molar-refractivity contribution is 7.92. The maximum Gasteiger partial charge on any atom is 0.433 e. The predicted octanol–water partition coefficient (Wildman–Crippen LogP) is 9.63. The number of benzene rings is 2. The zero-order valence-electron chi connectivity index (χ0n) is 41.9. The fraction of sp³-hybridized carbons (Fsp3) is 0.392. The van der Waals surface area contributed by atoms with E-state index in [1.54, 1.807) is 40.8 Å². The molecule has 2 fully saturated rings. The van der Waals surface area contributed by atoms with Gasteiger partial charge in [-0.15, -0.1) is 0 Å². The molecule has 77 heavy (non-hydrogen) atoms. The standard InChI is InChI=1S/C28H30F4N4O5S.C23H22F4N4O3S/c1-17-18(16-36(34-17)20-10-13-24(33-14-20)28(30,31)32)15-35(26(38)41-27(2,3)4)25(37)22-6-5-7-23(22)42(39,40)21-11-8-19(29)9-12-21;1-14-15(13-31(30-14)17-7-10-21(28-12-17)23(25,26)27)11-29-22(32)19-3-2-4-20(19)35(33,34)18-8-5-16(24)6-9-18/h8-14,16,22-23H,5-7,15H2,1-4H3;5-10,12-13,19-20H,2-4,11H2,1H3,(H,29,32)/t;19-,20+/m.1/s1. The van der Waals surface area contributed by atoms with Gasteiger partial charge in [0.05, 0.1) is 73.8 Å². The maximum atomic E-state index is 13.9. The van der Waals surface area contributed by atoms with Crippen molar-refractivity contribution in [2.75, 3.05) is 0 Å². The van der Waals surface area contributed by atoms with Crippen LogP contribution in [0.2, 0.25) is 0 Å². The Morgan fingerprint density at radius 3 is 1.49 bits per heavy atom. The van der Waals surface area contributed by atoms with Crippen molar-refractivity contribution in [1.82, 2.24) is 39.7 Å². The van der Waals surface area contributed by atoms with Crippen LogP contribution in [0.4, 0.5) is 39.9 Å². The van der Waals surface area contributed by atoms with E-state index < -0.39 is 101 Å². The number of imide groups is 1. The van der Waals surface area contributed by atoms with Crippen molar-refractivity contribution >= 4 is 37.6 Å². The number of pyridine rings is 2. The Morgan fingerprint density at radius 2 is 1.06 bits per heavy atom. The molecule has 412 valence electrons. The molecule has 2 unspecified atom stereocenters. The highest BCUT2D eigenvalue weighted by atomic mass is 32.2. The molecule has 0 spiro atoms. The van der Waals surface area contributed by atoms with Crippen molar-refractivity contribution in [2.45, 2.75) is 124 Å². The molecule has 4 atom stereocenters. The molecule has 0 aliphatic heterocycles. The molecule has 1 N–H and O–H groups in total. The predicted molar refractivity (Wildman–Crippen MR) is 260 cm³/mol. The van der Waals surface area contributed by atoms with Crippen LogP contribution in [0.1, 0.15) is 93.2 Å². The van der Waals surface area contributed by atoms with Crippen molar-refractivity contribution in [2.24, 2.45) is 11.8 Å². The Hall–Kier alpha value is -7.09. The molecule has 0 radical (unpaired) electrons. The molecule has 6 aromatic rings. The fourth-order valence-corrected chi connectivity index (χ4v) is 13.0. The average Bonchev–Trinajstić information content (AvgIpc) is 4.23. The number of halogens is 8. The number of aromatic nitrogens is 6. The Kier molecular flexibility index (Phi) is 16.8. The van der Waals surface area contributed by atoms with Crippen LogP contribution in [0.15, 0.2) is 107 Å². The number of hydrogen-bond acceptors (Lipinski definition) is 12. The summed E-state index contributed by atoms with van der Waals surface area (Å²) in [5, 5.41) is 9.28. The third-order valence-corrected chi connectivity index (χ3v) is 17.5. The van der Waals surface area contributed by atoms with E-state index in [2.05, 4.69) is 25.5 Å². The Bertz CT molecular complexity index is 3330. The minimum absolute atomic E-state index is 0.0223. The van der Waals surface area contributed by atoms with Gasteiger partial charge in [-0.2, -0.15) is 36.5 Å². The molecule has 4 heterocycles. The third-order valence-electron chi connectivity index (χ3n) is 12.9. The number of nitrogens with zero attached hydrogens (tertiary/aromatic N) is 7. The van der Waals surface area contributed by atoms with Gasteiger partial charge in [0.2, 0.25) is 11.8 Å². The SMILES string of the molecule is Cc1nn(-c2ccc(C(F)(F)F)nc2)cc1CN(C(=O)OC(C)(C)C)C(=O)C1CCCC1S(=O)(=O)c1ccc(F)cc1.Cc1nn(-c2ccc(C(F)(F)F)nc2)cc1CNC(=O)[C@@H]1CCC[C@@H]1S(=O)(=O)c1ccc(F)cc1. The monoisotopic (exact) mass is 1120 g/mol. The fourth-order valence-electron chi connectivity index (χ4n) is 8.97. The number of aryl methyl sites for hydroxylation is 2. The van der Waals surface area contributed by atoms with Gasteiger partial charge >= 0.3 is 18.4 Å². The van der Waals surface area contributed by atoms with Crippen LogP contribution in [0.5, 0.6) is 0 Å². The van der Waals surface area contributed by atoms with Crippen LogP contribution in [-0.4, -0.2) is 85.3 Å². The summed E-state index contributed by atoms with van der Waals surface area (Å²) in [6.07, 6.45) is -2.95. The number of amides is 3. The molecule has 2 saturated carbocycles. The minimum atomic E-state index is -4.61. The molecule has 26 heteroatoms. The maximum absolute atomic E-state index is 13.9. The number of nitrogens with one attached hydrogen (secondary N) is 1. The molecule has 2 aliphatic rings. The van der Waals surface area contributed by atoms with Crippen LogP contribution in [0.25, 0.3) is 11.4 Å². The highest BCUT2D eigenvalue weighted by Crippen LogP contribution is 2.38. The molecular weight excluding hydrogens is 1070 g/mol. The van der Waals surface area contributed by atoms with E-state index in [9.17, 15) is 66.3 Å². The summed E-state index contributed by atoms with van der Waals surface area (Å²) in [5.74, 6) is -4.14. The van der Waals surface area contributed by atoms with Crippen molar-refractivity contribution in [3.63, 3.8) is 0 Å². The largest absolute Gasteiger partial charge is 0.443 e. The Morgan fingerprint density at radius 1 is 0.636 bits per heavy atom. The number of sulfone groups is 2. The van der Waals surface area contributed by atoms with Gasteiger partial charge in [-0.3, -0.25) is 9.59 Å². The van der Waals surface area contributed by atoms with E-state index in [-0.39, 0.29) is 41.4 Å². The molecule has 3 amide bonds. The second-order valence-electron chi connectivity index (χ2n) is 19.4. The number of carbonyl (C=O) groups is 3. The highest BCUT2D eigenvalue weighted by Gasteiger charge is 2.46. The van der Waals surface area contributed by atoms with Gasteiger partial charge in [0, 0.05) is 30.1 Å². The van der Waals surface area contributed by atoms with Crippen LogP contribution in [0, 0.1) is 37.3 Å². The number of carbonyl (C=O) groups excluding carboxylic acids is 3. The van der Waals surface area contributed by atoms with Gasteiger partial charge in [0.1, 0.15) is 28.6 Å². The van der Waals surface area contributed by atoms with Crippen molar-refractivity contribution in [3.8, 4) is 11.4 Å². The summed E-state index contributed by atoms with van der Waals surface area (Å²) in [6, 6.07) is 13.0. The van der Waals surface area contributed by atoms with Gasteiger partial charge < -0.3 is 10.1 Å². The zero-order chi connectivity index (χ0) is 56.4. The lowest BCUT2D eigenvalue weighted by Gasteiger charge is -2.29. The summed E-state index contributed by atoms with van der Waals surface area (Å²) in [6.45, 7) is 7.88. The number of alkyl halides is 6.